The van der Waals surface area contributed by atoms with Crippen molar-refractivity contribution in [3.8, 4) is 0 Å². The van der Waals surface area contributed by atoms with Crippen LogP contribution in [0, 0.1) is 0 Å². The number of hydrogen-bond donors (Lipinski definition) is 1. The maximum absolute atomic E-state index is 5.54. The number of aromatic nitrogens is 1. The number of hydrogen-bond acceptors (Lipinski definition) is 5. The molecule has 2 rings (SSSR count). The Kier molecular flexibility index (Phi) is 4.36. The molecule has 0 aromatic carbocycles. The van der Waals surface area contributed by atoms with Crippen molar-refractivity contribution >= 4 is 16.5 Å². The molecule has 1 aliphatic rings. The van der Waals surface area contributed by atoms with Gasteiger partial charge < -0.3 is 15.0 Å². The van der Waals surface area contributed by atoms with Crippen LogP contribution in [0.1, 0.15) is 26.5 Å². The Balaban J connectivity index is 1.92. The molecule has 1 aromatic rings. The van der Waals surface area contributed by atoms with Gasteiger partial charge in [-0.2, -0.15) is 0 Å². The molecule has 0 spiro atoms. The number of nitrogens with one attached hydrogen (secondary N) is 1. The highest BCUT2D eigenvalue weighted by atomic mass is 32.1. The molecule has 5 heteroatoms. The Morgan fingerprint density at radius 3 is 3.18 bits per heavy atom. The van der Waals surface area contributed by atoms with Crippen LogP contribution in [0.15, 0.2) is 5.38 Å². The molecule has 0 saturated carbocycles. The van der Waals surface area contributed by atoms with Gasteiger partial charge in [-0.15, -0.1) is 11.3 Å². The molecule has 1 aliphatic heterocycles. The molecule has 1 N–H and O–H groups in total. The summed E-state index contributed by atoms with van der Waals surface area (Å²) in [5.74, 6) is 0. The predicted molar refractivity (Wildman–Crippen MR) is 71.7 cm³/mol. The van der Waals surface area contributed by atoms with E-state index in [0.29, 0.717) is 12.1 Å². The monoisotopic (exact) mass is 255 g/mol. The Bertz CT molecular complexity index is 353. The molecule has 1 atom stereocenters. The molecular weight excluding hydrogens is 234 g/mol. The molecule has 17 heavy (non-hydrogen) atoms. The van der Waals surface area contributed by atoms with Gasteiger partial charge in [-0.3, -0.25) is 0 Å². The average Bonchev–Trinajstić information content (AvgIpc) is 2.75. The summed E-state index contributed by atoms with van der Waals surface area (Å²) in [5.41, 5.74) is 1.14. The fourth-order valence-electron chi connectivity index (χ4n) is 1.82. The molecule has 2 heterocycles. The van der Waals surface area contributed by atoms with E-state index in [1.807, 2.05) is 0 Å². The van der Waals surface area contributed by atoms with Crippen LogP contribution >= 0.6 is 11.3 Å². The number of morpholine rings is 1. The first-order chi connectivity index (χ1) is 8.15. The van der Waals surface area contributed by atoms with E-state index in [4.69, 9.17) is 4.74 Å². The van der Waals surface area contributed by atoms with Gasteiger partial charge in [0.2, 0.25) is 0 Å². The lowest BCUT2D eigenvalue weighted by atomic mass is 10.3. The normalized spacial score (nSPS) is 21.2. The average molecular weight is 255 g/mol. The summed E-state index contributed by atoms with van der Waals surface area (Å²) in [6.07, 6.45) is 0.310. The molecule has 1 unspecified atom stereocenters. The summed E-state index contributed by atoms with van der Waals surface area (Å²) < 4.78 is 5.54. The van der Waals surface area contributed by atoms with Crippen LogP contribution in [0.25, 0.3) is 0 Å². The molecule has 0 radical (unpaired) electrons. The summed E-state index contributed by atoms with van der Waals surface area (Å²) in [4.78, 5) is 6.98. The van der Waals surface area contributed by atoms with Crippen LogP contribution < -0.4 is 10.2 Å². The molecule has 1 saturated heterocycles. The fraction of sp³-hybridized carbons (Fsp3) is 0.750. The number of ether oxygens (including phenoxy) is 1. The van der Waals surface area contributed by atoms with Gasteiger partial charge in [0.05, 0.1) is 18.4 Å². The van der Waals surface area contributed by atoms with E-state index < -0.39 is 0 Å². The number of thiazole rings is 1. The Morgan fingerprint density at radius 2 is 2.47 bits per heavy atom. The van der Waals surface area contributed by atoms with Crippen LogP contribution in [0.4, 0.5) is 5.13 Å². The third-order valence-corrected chi connectivity index (χ3v) is 3.69. The third kappa shape index (κ3) is 3.66. The van der Waals surface area contributed by atoms with Gasteiger partial charge in [-0.1, -0.05) is 13.8 Å². The summed E-state index contributed by atoms with van der Waals surface area (Å²) in [6.45, 7) is 9.97. The minimum absolute atomic E-state index is 0.310. The highest BCUT2D eigenvalue weighted by molar-refractivity contribution is 7.13. The zero-order valence-electron chi connectivity index (χ0n) is 10.8. The maximum Gasteiger partial charge on any atom is 0.185 e. The quantitative estimate of drug-likeness (QED) is 0.891. The number of nitrogens with zero attached hydrogens (tertiary/aromatic N) is 2. The van der Waals surface area contributed by atoms with Gasteiger partial charge >= 0.3 is 0 Å². The summed E-state index contributed by atoms with van der Waals surface area (Å²) in [6, 6.07) is 0.503. The smallest absolute Gasteiger partial charge is 0.185 e. The largest absolute Gasteiger partial charge is 0.375 e. The molecule has 1 fully saturated rings. The Labute approximate surface area is 107 Å². The first-order valence-corrected chi connectivity index (χ1v) is 7.07. The Hall–Kier alpha value is -0.650. The van der Waals surface area contributed by atoms with Gasteiger partial charge in [0.15, 0.2) is 5.13 Å². The minimum atomic E-state index is 0.310. The first kappa shape index (κ1) is 12.8. The zero-order chi connectivity index (χ0) is 12.3. The van der Waals surface area contributed by atoms with Crippen LogP contribution in [0.3, 0.4) is 0 Å². The van der Waals surface area contributed by atoms with Crippen LogP contribution in [-0.4, -0.2) is 36.8 Å². The van der Waals surface area contributed by atoms with Crippen molar-refractivity contribution in [1.29, 1.82) is 0 Å². The van der Waals surface area contributed by atoms with Gasteiger partial charge in [-0.05, 0) is 6.92 Å². The molecule has 96 valence electrons. The predicted octanol–water partition coefficient (Wildman–Crippen LogP) is 1.87. The lowest BCUT2D eigenvalue weighted by molar-refractivity contribution is 0.0532. The molecule has 0 bridgehead atoms. The van der Waals surface area contributed by atoms with E-state index in [1.165, 1.54) is 0 Å². The number of anilines is 1. The van der Waals surface area contributed by atoms with Gasteiger partial charge in [0, 0.05) is 31.1 Å². The van der Waals surface area contributed by atoms with Crippen molar-refractivity contribution in [3.05, 3.63) is 11.1 Å². The summed E-state index contributed by atoms with van der Waals surface area (Å²) in [7, 11) is 0. The van der Waals surface area contributed by atoms with Crippen LogP contribution in [-0.2, 0) is 11.3 Å². The summed E-state index contributed by atoms with van der Waals surface area (Å²) in [5, 5.41) is 6.66. The molecule has 1 aromatic heterocycles. The standard InChI is InChI=1S/C12H21N3OS/c1-9(2)13-6-11-8-17-12(14-11)15-4-5-16-10(3)7-15/h8-10,13H,4-7H2,1-3H3. The second kappa shape index (κ2) is 5.80. The van der Waals surface area contributed by atoms with Crippen molar-refractivity contribution in [1.82, 2.24) is 10.3 Å². The fourth-order valence-corrected chi connectivity index (χ4v) is 2.69. The van der Waals surface area contributed by atoms with E-state index in [1.54, 1.807) is 11.3 Å². The van der Waals surface area contributed by atoms with Crippen molar-refractivity contribution in [2.75, 3.05) is 24.6 Å². The van der Waals surface area contributed by atoms with Gasteiger partial charge in [-0.25, -0.2) is 4.98 Å². The van der Waals surface area contributed by atoms with Gasteiger partial charge in [0.1, 0.15) is 0 Å². The topological polar surface area (TPSA) is 37.4 Å². The second-order valence-electron chi connectivity index (χ2n) is 4.78. The molecule has 0 aliphatic carbocycles. The Morgan fingerprint density at radius 1 is 1.65 bits per heavy atom. The van der Waals surface area contributed by atoms with Gasteiger partial charge in [0.25, 0.3) is 0 Å². The van der Waals surface area contributed by atoms with Crippen molar-refractivity contribution < 1.29 is 4.74 Å². The van der Waals surface area contributed by atoms with E-state index in [0.717, 1.165) is 37.1 Å². The second-order valence-corrected chi connectivity index (χ2v) is 5.62. The van der Waals surface area contributed by atoms with Crippen molar-refractivity contribution in [2.24, 2.45) is 0 Å². The van der Waals surface area contributed by atoms with E-state index >= 15 is 0 Å². The minimum Gasteiger partial charge on any atom is -0.375 e. The lowest BCUT2D eigenvalue weighted by Crippen LogP contribution is -2.41. The lowest BCUT2D eigenvalue weighted by Gasteiger charge is -2.30. The molecule has 0 amide bonds. The zero-order valence-corrected chi connectivity index (χ0v) is 11.6. The highest BCUT2D eigenvalue weighted by Gasteiger charge is 2.19. The van der Waals surface area contributed by atoms with E-state index in [9.17, 15) is 0 Å². The molecule has 4 nitrogen and oxygen atoms in total. The van der Waals surface area contributed by atoms with E-state index in [2.05, 4.69) is 41.4 Å². The third-order valence-electron chi connectivity index (χ3n) is 2.74. The summed E-state index contributed by atoms with van der Waals surface area (Å²) >= 11 is 1.73. The van der Waals surface area contributed by atoms with E-state index in [-0.39, 0.29) is 0 Å². The first-order valence-electron chi connectivity index (χ1n) is 6.19. The van der Waals surface area contributed by atoms with Crippen molar-refractivity contribution in [3.63, 3.8) is 0 Å². The van der Waals surface area contributed by atoms with Crippen LogP contribution in [0.2, 0.25) is 0 Å². The SMILES string of the molecule is CC(C)NCc1csc(N2CCOC(C)C2)n1. The maximum atomic E-state index is 5.54. The molecular formula is C12H21N3OS. The van der Waals surface area contributed by atoms with Crippen LogP contribution in [0.5, 0.6) is 0 Å². The number of rotatable bonds is 4. The highest BCUT2D eigenvalue weighted by Crippen LogP contribution is 2.22. The van der Waals surface area contributed by atoms with Crippen molar-refractivity contribution in [2.45, 2.75) is 39.5 Å².